The normalized spacial score (nSPS) is 14.5. The number of hydrogen-bond acceptors (Lipinski definition) is 4. The van der Waals surface area contributed by atoms with E-state index in [0.717, 1.165) is 6.42 Å². The van der Waals surface area contributed by atoms with Crippen molar-refractivity contribution in [2.75, 3.05) is 0 Å². The minimum absolute atomic E-state index is 0.141. The number of rotatable bonds is 5. The fraction of sp³-hybridized carbons (Fsp3) is 0.700. The Balaban J connectivity index is 2.44. The van der Waals surface area contributed by atoms with Gasteiger partial charge in [-0.3, -0.25) is 4.79 Å². The van der Waals surface area contributed by atoms with Crippen LogP contribution >= 0.6 is 0 Å². The van der Waals surface area contributed by atoms with Crippen LogP contribution in [0.4, 0.5) is 0 Å². The molecule has 3 N–H and O–H groups in total. The van der Waals surface area contributed by atoms with Gasteiger partial charge in [-0.1, -0.05) is 20.3 Å². The van der Waals surface area contributed by atoms with Crippen molar-refractivity contribution in [3.63, 3.8) is 0 Å². The predicted octanol–water partition coefficient (Wildman–Crippen LogP) is -0.195. The summed E-state index contributed by atoms with van der Waals surface area (Å²) in [6.45, 7) is 4.34. The highest BCUT2D eigenvalue weighted by Gasteiger charge is 2.19. The van der Waals surface area contributed by atoms with Gasteiger partial charge in [0.1, 0.15) is 6.33 Å². The molecule has 6 nitrogen and oxygen atoms in total. The lowest BCUT2D eigenvalue weighted by atomic mass is 9.99. The molecule has 0 aliphatic heterocycles. The zero-order valence-corrected chi connectivity index (χ0v) is 9.97. The number of carbonyl (C=O) groups is 1. The van der Waals surface area contributed by atoms with Crippen LogP contribution in [0.3, 0.4) is 0 Å². The van der Waals surface area contributed by atoms with Crippen LogP contribution in [-0.4, -0.2) is 26.7 Å². The summed E-state index contributed by atoms with van der Waals surface area (Å²) in [6, 6.07) is -0.460. The van der Waals surface area contributed by atoms with Crippen LogP contribution in [0.2, 0.25) is 0 Å². The topological polar surface area (TPSA) is 85.8 Å². The molecule has 0 saturated heterocycles. The van der Waals surface area contributed by atoms with Crippen molar-refractivity contribution in [3.8, 4) is 0 Å². The molecule has 2 unspecified atom stereocenters. The summed E-state index contributed by atoms with van der Waals surface area (Å²) in [4.78, 5) is 11.7. The average molecular weight is 225 g/mol. The zero-order valence-electron chi connectivity index (χ0n) is 9.97. The molecule has 0 radical (unpaired) electrons. The van der Waals surface area contributed by atoms with Gasteiger partial charge in [-0.05, 0) is 5.92 Å². The first-order valence-electron chi connectivity index (χ1n) is 5.42. The molecule has 0 spiro atoms. The van der Waals surface area contributed by atoms with Crippen LogP contribution in [0.1, 0.15) is 26.1 Å². The van der Waals surface area contributed by atoms with Crippen LogP contribution < -0.4 is 11.1 Å². The molecule has 16 heavy (non-hydrogen) atoms. The van der Waals surface area contributed by atoms with Crippen LogP contribution in [0.15, 0.2) is 6.33 Å². The molecule has 1 rings (SSSR count). The van der Waals surface area contributed by atoms with Gasteiger partial charge in [0, 0.05) is 7.05 Å². The second-order valence-electron chi connectivity index (χ2n) is 3.99. The summed E-state index contributed by atoms with van der Waals surface area (Å²) in [7, 11) is 1.83. The lowest BCUT2D eigenvalue weighted by Crippen LogP contribution is -2.44. The van der Waals surface area contributed by atoms with Crippen LogP contribution in [0.5, 0.6) is 0 Å². The molecule has 0 fully saturated rings. The molecule has 6 heteroatoms. The van der Waals surface area contributed by atoms with Crippen LogP contribution in [0, 0.1) is 5.92 Å². The van der Waals surface area contributed by atoms with E-state index in [4.69, 9.17) is 5.73 Å². The minimum Gasteiger partial charge on any atom is -0.347 e. The molecule has 0 bridgehead atoms. The van der Waals surface area contributed by atoms with Crippen molar-refractivity contribution in [2.45, 2.75) is 32.9 Å². The Kier molecular flexibility index (Phi) is 4.42. The standard InChI is InChI=1S/C10H19N5O/c1-4-7(2)9(11)10(16)12-5-8-14-13-6-15(8)3/h6-7,9H,4-5,11H2,1-3H3,(H,12,16). The van der Waals surface area contributed by atoms with Gasteiger partial charge in [0.05, 0.1) is 12.6 Å². The van der Waals surface area contributed by atoms with E-state index in [-0.39, 0.29) is 11.8 Å². The van der Waals surface area contributed by atoms with Gasteiger partial charge in [0.2, 0.25) is 5.91 Å². The Morgan fingerprint density at radius 1 is 1.69 bits per heavy atom. The van der Waals surface area contributed by atoms with Gasteiger partial charge in [0.25, 0.3) is 0 Å². The van der Waals surface area contributed by atoms with E-state index in [9.17, 15) is 4.79 Å². The number of aryl methyl sites for hydroxylation is 1. The Morgan fingerprint density at radius 2 is 2.38 bits per heavy atom. The van der Waals surface area contributed by atoms with Crippen molar-refractivity contribution < 1.29 is 4.79 Å². The van der Waals surface area contributed by atoms with Crippen molar-refractivity contribution >= 4 is 5.91 Å². The van der Waals surface area contributed by atoms with E-state index in [2.05, 4.69) is 15.5 Å². The van der Waals surface area contributed by atoms with E-state index in [1.807, 2.05) is 20.9 Å². The first-order chi connectivity index (χ1) is 7.56. The predicted molar refractivity (Wildman–Crippen MR) is 60.3 cm³/mol. The van der Waals surface area contributed by atoms with Crippen molar-refractivity contribution in [3.05, 3.63) is 12.2 Å². The smallest absolute Gasteiger partial charge is 0.237 e. The van der Waals surface area contributed by atoms with E-state index in [1.165, 1.54) is 0 Å². The number of carbonyl (C=O) groups excluding carboxylic acids is 1. The number of nitrogens with two attached hydrogens (primary N) is 1. The molecule has 1 amide bonds. The molecule has 0 saturated carbocycles. The van der Waals surface area contributed by atoms with E-state index in [1.54, 1.807) is 10.9 Å². The summed E-state index contributed by atoms with van der Waals surface area (Å²) < 4.78 is 1.76. The number of aromatic nitrogens is 3. The summed E-state index contributed by atoms with van der Waals surface area (Å²) in [5.74, 6) is 0.751. The van der Waals surface area contributed by atoms with Gasteiger partial charge >= 0.3 is 0 Å². The summed E-state index contributed by atoms with van der Waals surface area (Å²) in [5, 5.41) is 10.3. The van der Waals surface area contributed by atoms with Gasteiger partial charge in [0.15, 0.2) is 5.82 Å². The Hall–Kier alpha value is -1.43. The van der Waals surface area contributed by atoms with Crippen LogP contribution in [0.25, 0.3) is 0 Å². The summed E-state index contributed by atoms with van der Waals surface area (Å²) in [5.41, 5.74) is 5.79. The highest BCUT2D eigenvalue weighted by Crippen LogP contribution is 2.05. The van der Waals surface area contributed by atoms with Gasteiger partial charge in [-0.15, -0.1) is 10.2 Å². The molecule has 1 aromatic heterocycles. The van der Waals surface area contributed by atoms with Crippen molar-refractivity contribution in [2.24, 2.45) is 18.7 Å². The lowest BCUT2D eigenvalue weighted by molar-refractivity contribution is -0.123. The monoisotopic (exact) mass is 225 g/mol. The van der Waals surface area contributed by atoms with Gasteiger partial charge < -0.3 is 15.6 Å². The summed E-state index contributed by atoms with van der Waals surface area (Å²) in [6.07, 6.45) is 2.48. The molecule has 0 aliphatic rings. The van der Waals surface area contributed by atoms with Crippen molar-refractivity contribution in [1.29, 1.82) is 0 Å². The zero-order chi connectivity index (χ0) is 12.1. The quantitative estimate of drug-likeness (QED) is 0.727. The molecule has 90 valence electrons. The SMILES string of the molecule is CCC(C)C(N)C(=O)NCc1nncn1C. The molecule has 0 aliphatic carbocycles. The maximum atomic E-state index is 11.7. The van der Waals surface area contributed by atoms with Gasteiger partial charge in [-0.2, -0.15) is 0 Å². The lowest BCUT2D eigenvalue weighted by Gasteiger charge is -2.17. The van der Waals surface area contributed by atoms with E-state index < -0.39 is 6.04 Å². The third-order valence-electron chi connectivity index (χ3n) is 2.79. The highest BCUT2D eigenvalue weighted by atomic mass is 16.2. The highest BCUT2D eigenvalue weighted by molar-refractivity contribution is 5.81. The molecule has 1 heterocycles. The molecule has 1 aromatic rings. The van der Waals surface area contributed by atoms with Crippen molar-refractivity contribution in [1.82, 2.24) is 20.1 Å². The third kappa shape index (κ3) is 3.03. The second-order valence-corrected chi connectivity index (χ2v) is 3.99. The number of hydrogen-bond donors (Lipinski definition) is 2. The maximum Gasteiger partial charge on any atom is 0.237 e. The number of nitrogens with one attached hydrogen (secondary N) is 1. The largest absolute Gasteiger partial charge is 0.347 e. The number of nitrogens with zero attached hydrogens (tertiary/aromatic N) is 3. The number of amides is 1. The maximum absolute atomic E-state index is 11.7. The fourth-order valence-electron chi connectivity index (χ4n) is 1.26. The van der Waals surface area contributed by atoms with E-state index >= 15 is 0 Å². The Labute approximate surface area is 95.2 Å². The Bertz CT molecular complexity index is 349. The van der Waals surface area contributed by atoms with E-state index in [0.29, 0.717) is 12.4 Å². The third-order valence-corrected chi connectivity index (χ3v) is 2.79. The fourth-order valence-corrected chi connectivity index (χ4v) is 1.26. The second kappa shape index (κ2) is 5.60. The Morgan fingerprint density at radius 3 is 2.88 bits per heavy atom. The summed E-state index contributed by atoms with van der Waals surface area (Å²) >= 11 is 0. The first-order valence-corrected chi connectivity index (χ1v) is 5.42. The average Bonchev–Trinajstić information content (AvgIpc) is 2.69. The minimum atomic E-state index is -0.460. The molecule has 2 atom stereocenters. The van der Waals surface area contributed by atoms with Gasteiger partial charge in [-0.25, -0.2) is 0 Å². The van der Waals surface area contributed by atoms with Crippen LogP contribution in [-0.2, 0) is 18.4 Å². The molecular weight excluding hydrogens is 206 g/mol. The first kappa shape index (κ1) is 12.6. The molecular formula is C10H19N5O. The molecule has 0 aromatic carbocycles.